The minimum Gasteiger partial charge on any atom is -0.355 e. The molecule has 0 bridgehead atoms. The van der Waals surface area contributed by atoms with Crippen LogP contribution in [0.2, 0.25) is 0 Å². The Bertz CT molecular complexity index is 1600. The summed E-state index contributed by atoms with van der Waals surface area (Å²) < 4.78 is 26.6. The van der Waals surface area contributed by atoms with Crippen molar-refractivity contribution in [3.63, 3.8) is 0 Å². The lowest BCUT2D eigenvalue weighted by atomic mass is 10.0. The van der Waals surface area contributed by atoms with Crippen LogP contribution in [0.1, 0.15) is 33.6 Å². The quantitative estimate of drug-likeness (QED) is 0.366. The van der Waals surface area contributed by atoms with Crippen LogP contribution in [0.15, 0.2) is 90.1 Å². The molecule has 0 N–H and O–H groups in total. The number of carbonyl (C=O) groups excluding carboxylic acids is 1. The van der Waals surface area contributed by atoms with E-state index >= 15 is 0 Å². The van der Waals surface area contributed by atoms with E-state index in [0.29, 0.717) is 49.5 Å². The van der Waals surface area contributed by atoms with Gasteiger partial charge in [0.15, 0.2) is 9.84 Å². The second-order valence-corrected chi connectivity index (χ2v) is 12.5. The van der Waals surface area contributed by atoms with Crippen LogP contribution in [-0.2, 0) is 22.8 Å². The Morgan fingerprint density at radius 3 is 2.33 bits per heavy atom. The average molecular weight is 539 g/mol. The van der Waals surface area contributed by atoms with Crippen LogP contribution < -0.4 is 4.90 Å². The molecule has 1 amide bonds. The highest BCUT2D eigenvalue weighted by Gasteiger charge is 2.36. The Morgan fingerprint density at radius 2 is 1.59 bits per heavy atom. The summed E-state index contributed by atoms with van der Waals surface area (Å²) in [4.78, 5) is 26.7. The van der Waals surface area contributed by atoms with E-state index in [1.807, 2.05) is 71.3 Å². The molecule has 0 spiro atoms. The Kier molecular flexibility index (Phi) is 6.64. The number of rotatable bonds is 5. The highest BCUT2D eigenvalue weighted by atomic mass is 32.2. The van der Waals surface area contributed by atoms with Crippen molar-refractivity contribution in [3.05, 3.63) is 108 Å². The molecule has 1 saturated heterocycles. The predicted molar refractivity (Wildman–Crippen MR) is 151 cm³/mol. The summed E-state index contributed by atoms with van der Waals surface area (Å²) in [5.41, 5.74) is 5.68. The molecule has 7 nitrogen and oxygen atoms in total. The molecule has 1 fully saturated rings. The summed E-state index contributed by atoms with van der Waals surface area (Å²) in [6, 6.07) is 24.9. The first-order valence-corrected chi connectivity index (χ1v) is 14.8. The van der Waals surface area contributed by atoms with Gasteiger partial charge in [-0.2, -0.15) is 0 Å². The molecule has 4 aromatic rings. The predicted octanol–water partition coefficient (Wildman–Crippen LogP) is 4.70. The molecule has 0 aliphatic carbocycles. The third-order valence-electron chi connectivity index (χ3n) is 7.74. The van der Waals surface area contributed by atoms with Gasteiger partial charge in [-0.15, -0.1) is 0 Å². The lowest BCUT2D eigenvalue weighted by Gasteiger charge is -2.31. The number of sulfone groups is 1. The molecule has 1 aromatic heterocycles. The van der Waals surface area contributed by atoms with Gasteiger partial charge in [-0.05, 0) is 48.7 Å². The summed E-state index contributed by atoms with van der Waals surface area (Å²) in [7, 11) is -3.45. The van der Waals surface area contributed by atoms with Gasteiger partial charge in [0.1, 0.15) is 12.1 Å². The number of hydrogen-bond acceptors (Lipinski definition) is 6. The zero-order chi connectivity index (χ0) is 27.0. The van der Waals surface area contributed by atoms with E-state index < -0.39 is 15.1 Å². The molecular weight excluding hydrogens is 508 g/mol. The van der Waals surface area contributed by atoms with Gasteiger partial charge in [0.05, 0.1) is 22.4 Å². The molecule has 6 rings (SSSR count). The smallest absolute Gasteiger partial charge is 0.254 e. The Morgan fingerprint density at radius 1 is 0.872 bits per heavy atom. The van der Waals surface area contributed by atoms with Crippen molar-refractivity contribution in [2.45, 2.75) is 36.5 Å². The highest BCUT2D eigenvalue weighted by molar-refractivity contribution is 7.92. The van der Waals surface area contributed by atoms with Crippen LogP contribution in [0.3, 0.4) is 0 Å². The van der Waals surface area contributed by atoms with Gasteiger partial charge >= 0.3 is 0 Å². The Balaban J connectivity index is 1.20. The van der Waals surface area contributed by atoms with Gasteiger partial charge < -0.3 is 9.80 Å². The van der Waals surface area contributed by atoms with Crippen LogP contribution in [-0.4, -0.2) is 54.1 Å². The van der Waals surface area contributed by atoms with E-state index in [0.717, 1.165) is 33.8 Å². The molecule has 1 atom stereocenters. The molecule has 1 unspecified atom stereocenters. The molecule has 3 aromatic carbocycles. The fourth-order valence-electron chi connectivity index (χ4n) is 5.48. The number of nitrogens with zero attached hydrogens (tertiary/aromatic N) is 4. The summed E-state index contributed by atoms with van der Waals surface area (Å²) in [5, 5.41) is -0.504. The van der Waals surface area contributed by atoms with E-state index in [-0.39, 0.29) is 5.91 Å². The number of fused-ring (bicyclic) bond motifs is 1. The number of aryl methyl sites for hydroxylation is 1. The molecule has 198 valence electrons. The highest BCUT2D eigenvalue weighted by Crippen LogP contribution is 2.32. The van der Waals surface area contributed by atoms with Gasteiger partial charge in [0.2, 0.25) is 0 Å². The fraction of sp³-hybridized carbons (Fsp3) is 0.258. The lowest BCUT2D eigenvalue weighted by molar-refractivity contribution is 0.0733. The minimum absolute atomic E-state index is 0.0312. The molecule has 0 radical (unpaired) electrons. The number of carbonyl (C=O) groups is 1. The van der Waals surface area contributed by atoms with Gasteiger partial charge in [-0.3, -0.25) is 4.79 Å². The number of aromatic nitrogens is 2. The minimum atomic E-state index is -3.45. The number of anilines is 1. The summed E-state index contributed by atoms with van der Waals surface area (Å²) in [6.45, 7) is 3.88. The molecule has 8 heteroatoms. The maximum absolute atomic E-state index is 13.4. The first-order chi connectivity index (χ1) is 18.9. The van der Waals surface area contributed by atoms with Crippen molar-refractivity contribution in [2.75, 3.05) is 24.5 Å². The topological polar surface area (TPSA) is 83.5 Å². The molecule has 2 aliphatic rings. The largest absolute Gasteiger partial charge is 0.355 e. The van der Waals surface area contributed by atoms with E-state index in [1.165, 1.54) is 0 Å². The maximum Gasteiger partial charge on any atom is 0.254 e. The van der Waals surface area contributed by atoms with Crippen molar-refractivity contribution < 1.29 is 13.2 Å². The van der Waals surface area contributed by atoms with E-state index in [9.17, 15) is 13.2 Å². The van der Waals surface area contributed by atoms with E-state index in [4.69, 9.17) is 0 Å². The van der Waals surface area contributed by atoms with Crippen molar-refractivity contribution >= 4 is 21.6 Å². The third kappa shape index (κ3) is 4.92. The van der Waals surface area contributed by atoms with Crippen molar-refractivity contribution in [1.29, 1.82) is 0 Å². The summed E-state index contributed by atoms with van der Waals surface area (Å²) >= 11 is 0. The maximum atomic E-state index is 13.4. The van der Waals surface area contributed by atoms with Crippen LogP contribution >= 0.6 is 0 Å². The third-order valence-corrected chi connectivity index (χ3v) is 9.93. The van der Waals surface area contributed by atoms with Gasteiger partial charge in [-0.25, -0.2) is 18.4 Å². The number of benzene rings is 3. The first kappa shape index (κ1) is 25.2. The normalized spacial score (nSPS) is 17.2. The van der Waals surface area contributed by atoms with Crippen LogP contribution in [0.4, 0.5) is 5.82 Å². The van der Waals surface area contributed by atoms with Crippen molar-refractivity contribution in [2.24, 2.45) is 0 Å². The van der Waals surface area contributed by atoms with E-state index in [2.05, 4.69) is 22.1 Å². The van der Waals surface area contributed by atoms with Crippen LogP contribution in [0.5, 0.6) is 0 Å². The molecule has 2 aliphatic heterocycles. The van der Waals surface area contributed by atoms with Crippen LogP contribution in [0, 0.1) is 6.92 Å². The van der Waals surface area contributed by atoms with Crippen molar-refractivity contribution in [3.8, 4) is 11.1 Å². The van der Waals surface area contributed by atoms with E-state index in [1.54, 1.807) is 18.5 Å². The Hall–Kier alpha value is -4.04. The Labute approximate surface area is 229 Å². The van der Waals surface area contributed by atoms with Crippen molar-refractivity contribution in [1.82, 2.24) is 14.9 Å². The molecule has 39 heavy (non-hydrogen) atoms. The zero-order valence-corrected chi connectivity index (χ0v) is 22.6. The average Bonchev–Trinajstić information content (AvgIpc) is 3.48. The van der Waals surface area contributed by atoms with Crippen LogP contribution in [0.25, 0.3) is 11.1 Å². The SMILES string of the molecule is Cc1ccc(S(=O)(=O)C2CCN(c3ncnc4c3CN(C(=O)c3ccc(-c5ccccc5)cc3)CC4)C2)cc1. The summed E-state index contributed by atoms with van der Waals surface area (Å²) in [6.07, 6.45) is 2.72. The van der Waals surface area contributed by atoms with Gasteiger partial charge in [0.25, 0.3) is 5.91 Å². The first-order valence-electron chi connectivity index (χ1n) is 13.2. The van der Waals surface area contributed by atoms with Gasteiger partial charge in [0, 0.05) is 37.2 Å². The lowest BCUT2D eigenvalue weighted by Crippen LogP contribution is -2.38. The second kappa shape index (κ2) is 10.3. The number of hydrogen-bond donors (Lipinski definition) is 0. The molecule has 0 saturated carbocycles. The summed E-state index contributed by atoms with van der Waals surface area (Å²) in [5.74, 6) is 0.704. The second-order valence-electron chi connectivity index (χ2n) is 10.3. The monoisotopic (exact) mass is 538 g/mol. The number of amides is 1. The molecule has 3 heterocycles. The standard InChI is InChI=1S/C31H30N4O3S/c1-22-7-13-26(14-8-22)39(37,38)27-15-17-34(19-27)30-28-20-35(18-16-29(28)32-21-33-30)31(36)25-11-9-24(10-12-25)23-5-3-2-4-6-23/h2-14,21,27H,15-20H2,1H3. The van der Waals surface area contributed by atoms with Gasteiger partial charge in [-0.1, -0.05) is 60.2 Å². The fourth-order valence-corrected chi connectivity index (χ4v) is 7.18. The zero-order valence-electron chi connectivity index (χ0n) is 21.8. The molecular formula is C31H30N4O3S.